The van der Waals surface area contributed by atoms with E-state index in [0.29, 0.717) is 5.56 Å². The van der Waals surface area contributed by atoms with Crippen molar-refractivity contribution in [3.05, 3.63) is 42.0 Å². The van der Waals surface area contributed by atoms with Crippen LogP contribution in [0.5, 0.6) is 0 Å². The smallest absolute Gasteiger partial charge is 0.378 e. The van der Waals surface area contributed by atoms with E-state index in [1.807, 2.05) is 0 Å². The van der Waals surface area contributed by atoms with E-state index in [9.17, 15) is 14.7 Å². The van der Waals surface area contributed by atoms with E-state index in [1.54, 1.807) is 30.3 Å². The van der Waals surface area contributed by atoms with Crippen molar-refractivity contribution < 1.29 is 19.4 Å². The van der Waals surface area contributed by atoms with E-state index in [2.05, 4.69) is 4.74 Å². The van der Waals surface area contributed by atoms with E-state index < -0.39 is 11.8 Å². The summed E-state index contributed by atoms with van der Waals surface area (Å²) in [4.78, 5) is 21.8. The molecule has 0 aliphatic carbocycles. The number of aliphatic hydroxyl groups excluding tert-OH is 1. The van der Waals surface area contributed by atoms with Gasteiger partial charge in [0.25, 0.3) is 5.78 Å². The minimum absolute atomic E-state index is 0.258. The fourth-order valence-electron chi connectivity index (χ4n) is 0.976. The summed E-state index contributed by atoms with van der Waals surface area (Å²) in [5.74, 6) is -2.15. The fourth-order valence-corrected chi connectivity index (χ4v) is 0.976. The number of ether oxygens (including phenoxy) is 1. The zero-order valence-corrected chi connectivity index (χ0v) is 8.14. The first kappa shape index (κ1) is 11.0. The van der Waals surface area contributed by atoms with Crippen LogP contribution in [0.2, 0.25) is 0 Å². The summed E-state index contributed by atoms with van der Waals surface area (Å²) in [6, 6.07) is 8.44. The Balaban J connectivity index is 2.86. The molecule has 0 fully saturated rings. The summed E-state index contributed by atoms with van der Waals surface area (Å²) in [7, 11) is 1.10. The summed E-state index contributed by atoms with van der Waals surface area (Å²) in [5, 5.41) is 9.47. The van der Waals surface area contributed by atoms with E-state index >= 15 is 0 Å². The Kier molecular flexibility index (Phi) is 3.62. The molecule has 0 heterocycles. The lowest BCUT2D eigenvalue weighted by molar-refractivity contribution is -0.149. The standard InChI is InChI=1S/C11H10O4/c1-15-11(14)10(13)7-9(12)8-5-3-2-4-6-8/h2-7,12H,1H3/b9-7-. The molecule has 4 nitrogen and oxygen atoms in total. The van der Waals surface area contributed by atoms with Crippen molar-refractivity contribution >= 4 is 17.5 Å². The predicted octanol–water partition coefficient (Wildman–Crippen LogP) is 1.33. The first-order valence-corrected chi connectivity index (χ1v) is 4.23. The van der Waals surface area contributed by atoms with Crippen molar-refractivity contribution in [2.75, 3.05) is 7.11 Å². The molecule has 78 valence electrons. The molecular formula is C11H10O4. The summed E-state index contributed by atoms with van der Waals surface area (Å²) in [5.41, 5.74) is 0.467. The number of benzene rings is 1. The summed E-state index contributed by atoms with van der Waals surface area (Å²) >= 11 is 0. The highest BCUT2D eigenvalue weighted by Gasteiger charge is 2.12. The maximum Gasteiger partial charge on any atom is 0.378 e. The van der Waals surface area contributed by atoms with Gasteiger partial charge in [-0.2, -0.15) is 0 Å². The quantitative estimate of drug-likeness (QED) is 0.350. The van der Waals surface area contributed by atoms with Gasteiger partial charge in [-0.05, 0) is 0 Å². The maximum absolute atomic E-state index is 11.0. The molecule has 0 saturated heterocycles. The third kappa shape index (κ3) is 2.95. The Bertz CT molecular complexity index is 392. The molecule has 0 bridgehead atoms. The van der Waals surface area contributed by atoms with Crippen LogP contribution in [0.1, 0.15) is 5.56 Å². The summed E-state index contributed by atoms with van der Waals surface area (Å²) < 4.78 is 4.20. The van der Waals surface area contributed by atoms with Gasteiger partial charge >= 0.3 is 5.97 Å². The number of rotatable bonds is 3. The van der Waals surface area contributed by atoms with Crippen LogP contribution in [0.25, 0.3) is 5.76 Å². The van der Waals surface area contributed by atoms with Crippen molar-refractivity contribution in [2.45, 2.75) is 0 Å². The van der Waals surface area contributed by atoms with Gasteiger partial charge in [0.1, 0.15) is 5.76 Å². The van der Waals surface area contributed by atoms with Crippen molar-refractivity contribution in [1.82, 2.24) is 0 Å². The SMILES string of the molecule is COC(=O)C(=O)/C=C(\O)c1ccccc1. The number of hydrogen-bond donors (Lipinski definition) is 1. The van der Waals surface area contributed by atoms with Gasteiger partial charge in [-0.15, -0.1) is 0 Å². The molecule has 1 rings (SSSR count). The van der Waals surface area contributed by atoms with Crippen LogP contribution < -0.4 is 0 Å². The Morgan fingerprint density at radius 1 is 1.27 bits per heavy atom. The van der Waals surface area contributed by atoms with Crippen molar-refractivity contribution in [2.24, 2.45) is 0 Å². The van der Waals surface area contributed by atoms with Crippen LogP contribution in [0.15, 0.2) is 36.4 Å². The second kappa shape index (κ2) is 4.95. The molecule has 1 aromatic rings. The third-order valence-electron chi connectivity index (χ3n) is 1.72. The molecule has 1 aromatic carbocycles. The highest BCUT2D eigenvalue weighted by atomic mass is 16.5. The van der Waals surface area contributed by atoms with Crippen LogP contribution >= 0.6 is 0 Å². The molecule has 1 N–H and O–H groups in total. The van der Waals surface area contributed by atoms with Gasteiger partial charge in [-0.1, -0.05) is 30.3 Å². The number of carbonyl (C=O) groups excluding carboxylic acids is 2. The summed E-state index contributed by atoms with van der Waals surface area (Å²) in [6.07, 6.45) is 0.834. The van der Waals surface area contributed by atoms with E-state index in [-0.39, 0.29) is 5.76 Å². The number of aliphatic hydroxyl groups is 1. The van der Waals surface area contributed by atoms with Crippen LogP contribution in [0.4, 0.5) is 0 Å². The Morgan fingerprint density at radius 3 is 2.40 bits per heavy atom. The summed E-state index contributed by atoms with van der Waals surface area (Å²) in [6.45, 7) is 0. The molecule has 0 atom stereocenters. The second-order valence-corrected chi connectivity index (χ2v) is 2.75. The molecule has 0 radical (unpaired) electrons. The first-order chi connectivity index (χ1) is 7.15. The van der Waals surface area contributed by atoms with Crippen LogP contribution in [0, 0.1) is 0 Å². The lowest BCUT2D eigenvalue weighted by atomic mass is 10.1. The van der Waals surface area contributed by atoms with Gasteiger partial charge < -0.3 is 9.84 Å². The van der Waals surface area contributed by atoms with Gasteiger partial charge in [0.05, 0.1) is 7.11 Å². The molecule has 15 heavy (non-hydrogen) atoms. The largest absolute Gasteiger partial charge is 0.507 e. The molecule has 0 amide bonds. The normalized spacial score (nSPS) is 10.9. The zero-order chi connectivity index (χ0) is 11.3. The molecule has 0 aliphatic heterocycles. The number of ketones is 1. The Morgan fingerprint density at radius 2 is 1.87 bits per heavy atom. The second-order valence-electron chi connectivity index (χ2n) is 2.75. The number of carbonyl (C=O) groups is 2. The maximum atomic E-state index is 11.0. The van der Waals surface area contributed by atoms with Gasteiger partial charge in [-0.3, -0.25) is 4.79 Å². The molecule has 0 unspecified atom stereocenters. The Labute approximate surface area is 86.8 Å². The van der Waals surface area contributed by atoms with Crippen molar-refractivity contribution in [3.8, 4) is 0 Å². The fraction of sp³-hybridized carbons (Fsp3) is 0.0909. The number of hydrogen-bond acceptors (Lipinski definition) is 4. The van der Waals surface area contributed by atoms with Crippen molar-refractivity contribution in [3.63, 3.8) is 0 Å². The van der Waals surface area contributed by atoms with Crippen LogP contribution in [-0.2, 0) is 14.3 Å². The minimum Gasteiger partial charge on any atom is -0.507 e. The molecule has 4 heteroatoms. The molecule has 0 saturated carbocycles. The van der Waals surface area contributed by atoms with Gasteiger partial charge in [0.15, 0.2) is 0 Å². The number of methoxy groups -OCH3 is 1. The zero-order valence-electron chi connectivity index (χ0n) is 8.14. The first-order valence-electron chi connectivity index (χ1n) is 4.23. The third-order valence-corrected chi connectivity index (χ3v) is 1.72. The lowest BCUT2D eigenvalue weighted by Crippen LogP contribution is -2.13. The molecule has 0 aliphatic rings. The van der Waals surface area contributed by atoms with Crippen LogP contribution in [-0.4, -0.2) is 24.0 Å². The average molecular weight is 206 g/mol. The van der Waals surface area contributed by atoms with Crippen molar-refractivity contribution in [1.29, 1.82) is 0 Å². The highest BCUT2D eigenvalue weighted by Crippen LogP contribution is 2.09. The van der Waals surface area contributed by atoms with Gasteiger partial charge in [0.2, 0.25) is 0 Å². The highest BCUT2D eigenvalue weighted by molar-refractivity contribution is 6.39. The van der Waals surface area contributed by atoms with E-state index in [1.165, 1.54) is 0 Å². The van der Waals surface area contributed by atoms with Gasteiger partial charge in [-0.25, -0.2) is 4.79 Å². The molecule has 0 spiro atoms. The van der Waals surface area contributed by atoms with E-state index in [0.717, 1.165) is 13.2 Å². The monoisotopic (exact) mass is 206 g/mol. The average Bonchev–Trinajstić information content (AvgIpc) is 2.29. The Hall–Kier alpha value is -2.10. The van der Waals surface area contributed by atoms with Crippen LogP contribution in [0.3, 0.4) is 0 Å². The number of esters is 1. The molecular weight excluding hydrogens is 196 g/mol. The topological polar surface area (TPSA) is 63.6 Å². The van der Waals surface area contributed by atoms with E-state index in [4.69, 9.17) is 0 Å². The van der Waals surface area contributed by atoms with Gasteiger partial charge in [0, 0.05) is 11.6 Å². The molecule has 0 aromatic heterocycles. The lowest BCUT2D eigenvalue weighted by Gasteiger charge is -1.98. The predicted molar refractivity (Wildman–Crippen MR) is 54.1 cm³/mol. The minimum atomic E-state index is -1.00.